The number of ether oxygens (including phenoxy) is 1. The van der Waals surface area contributed by atoms with Gasteiger partial charge in [0.15, 0.2) is 5.65 Å². The number of aryl methyl sites for hydroxylation is 2. The fourth-order valence-corrected chi connectivity index (χ4v) is 3.19. The van der Waals surface area contributed by atoms with E-state index in [0.717, 1.165) is 28.7 Å². The van der Waals surface area contributed by atoms with Crippen LogP contribution >= 0.6 is 0 Å². The second-order valence-electron chi connectivity index (χ2n) is 7.36. The molecule has 0 saturated carbocycles. The molecule has 2 amide bonds. The molecule has 0 aliphatic carbocycles. The molecule has 2 N–H and O–H groups in total. The first-order chi connectivity index (χ1) is 14.4. The molecule has 3 rings (SSSR count). The van der Waals surface area contributed by atoms with Gasteiger partial charge in [0.2, 0.25) is 5.91 Å². The Kier molecular flexibility index (Phi) is 6.66. The van der Waals surface area contributed by atoms with Crippen LogP contribution in [-0.4, -0.2) is 32.8 Å². The van der Waals surface area contributed by atoms with Crippen molar-refractivity contribution in [2.75, 3.05) is 5.32 Å². The van der Waals surface area contributed by atoms with Crippen LogP contribution in [0.15, 0.2) is 42.6 Å². The van der Waals surface area contributed by atoms with Gasteiger partial charge in [-0.25, -0.2) is 9.78 Å². The van der Waals surface area contributed by atoms with E-state index in [0.29, 0.717) is 5.69 Å². The second kappa shape index (κ2) is 9.39. The fourth-order valence-electron chi connectivity index (χ4n) is 3.19. The van der Waals surface area contributed by atoms with E-state index < -0.39 is 12.1 Å². The van der Waals surface area contributed by atoms with Crippen molar-refractivity contribution in [1.82, 2.24) is 20.1 Å². The van der Waals surface area contributed by atoms with Crippen molar-refractivity contribution in [2.24, 2.45) is 13.0 Å². The predicted octanol–water partition coefficient (Wildman–Crippen LogP) is 3.56. The fraction of sp³-hybridized carbons (Fsp3) is 0.364. The molecule has 1 aromatic carbocycles. The van der Waals surface area contributed by atoms with Crippen LogP contribution in [-0.2, 0) is 23.2 Å². The van der Waals surface area contributed by atoms with Gasteiger partial charge in [-0.2, -0.15) is 5.10 Å². The molecule has 3 aromatic rings. The Balaban J connectivity index is 1.67. The van der Waals surface area contributed by atoms with Crippen molar-refractivity contribution in [2.45, 2.75) is 39.8 Å². The molecule has 2 heterocycles. The summed E-state index contributed by atoms with van der Waals surface area (Å²) in [5.74, 6) is -0.394. The number of hydrogen-bond donors (Lipinski definition) is 2. The number of nitrogens with zero attached hydrogens (tertiary/aromatic N) is 3. The Morgan fingerprint density at radius 1 is 1.23 bits per heavy atom. The topological polar surface area (TPSA) is 98.1 Å². The first kappa shape index (κ1) is 21.3. The average Bonchev–Trinajstić information content (AvgIpc) is 3.03. The molecule has 2 aromatic heterocycles. The van der Waals surface area contributed by atoms with E-state index >= 15 is 0 Å². The molecule has 0 saturated heterocycles. The SMILES string of the molecule is CC[C@H](C)[C@H](NC(=O)OCc1ccccc1)C(=O)Nc1cnc2c(c1)c(C)nn2C. The third-order valence-corrected chi connectivity index (χ3v) is 5.11. The molecule has 8 nitrogen and oxygen atoms in total. The molecule has 0 spiro atoms. The minimum Gasteiger partial charge on any atom is -0.445 e. The third-order valence-electron chi connectivity index (χ3n) is 5.11. The smallest absolute Gasteiger partial charge is 0.408 e. The lowest BCUT2D eigenvalue weighted by Crippen LogP contribution is -2.47. The van der Waals surface area contributed by atoms with E-state index in [1.54, 1.807) is 10.9 Å². The van der Waals surface area contributed by atoms with Gasteiger partial charge in [-0.1, -0.05) is 50.6 Å². The summed E-state index contributed by atoms with van der Waals surface area (Å²) < 4.78 is 6.97. The van der Waals surface area contributed by atoms with E-state index in [1.807, 2.05) is 64.2 Å². The van der Waals surface area contributed by atoms with Crippen molar-refractivity contribution in [3.63, 3.8) is 0 Å². The van der Waals surface area contributed by atoms with E-state index in [2.05, 4.69) is 20.7 Å². The number of alkyl carbamates (subject to hydrolysis) is 1. The molecule has 0 bridgehead atoms. The molecule has 158 valence electrons. The van der Waals surface area contributed by atoms with Crippen LogP contribution in [0.25, 0.3) is 11.0 Å². The number of carbonyl (C=O) groups is 2. The Hall–Kier alpha value is -3.42. The highest BCUT2D eigenvalue weighted by atomic mass is 16.5. The molecule has 0 fully saturated rings. The quantitative estimate of drug-likeness (QED) is 0.622. The lowest BCUT2D eigenvalue weighted by atomic mass is 9.98. The van der Waals surface area contributed by atoms with Crippen molar-refractivity contribution in [3.8, 4) is 0 Å². The number of pyridine rings is 1. The lowest BCUT2D eigenvalue weighted by molar-refractivity contribution is -0.119. The number of anilines is 1. The van der Waals surface area contributed by atoms with Crippen LogP contribution in [0.3, 0.4) is 0 Å². The van der Waals surface area contributed by atoms with Crippen LogP contribution < -0.4 is 10.6 Å². The van der Waals surface area contributed by atoms with Crippen LogP contribution in [0.4, 0.5) is 10.5 Å². The third kappa shape index (κ3) is 4.94. The molecule has 8 heteroatoms. The predicted molar refractivity (Wildman–Crippen MR) is 115 cm³/mol. The number of carbonyl (C=O) groups excluding carboxylic acids is 2. The summed E-state index contributed by atoms with van der Waals surface area (Å²) >= 11 is 0. The molecule has 30 heavy (non-hydrogen) atoms. The summed E-state index contributed by atoms with van der Waals surface area (Å²) in [4.78, 5) is 29.6. The zero-order valence-electron chi connectivity index (χ0n) is 17.7. The first-order valence-electron chi connectivity index (χ1n) is 9.96. The number of aromatic nitrogens is 3. The number of nitrogens with one attached hydrogen (secondary N) is 2. The van der Waals surface area contributed by atoms with Crippen molar-refractivity contribution >= 4 is 28.7 Å². The standard InChI is InChI=1S/C22H27N5O3/c1-5-14(2)19(25-22(29)30-13-16-9-7-6-8-10-16)21(28)24-17-11-18-15(3)26-27(4)20(18)23-12-17/h6-12,14,19H,5,13H2,1-4H3,(H,24,28)(H,25,29)/t14-,19-/m0/s1. The number of benzene rings is 1. The summed E-state index contributed by atoms with van der Waals surface area (Å²) in [7, 11) is 1.82. The number of fused-ring (bicyclic) bond motifs is 1. The van der Waals surface area contributed by atoms with E-state index in [9.17, 15) is 9.59 Å². The van der Waals surface area contributed by atoms with Crippen LogP contribution in [0.5, 0.6) is 0 Å². The maximum Gasteiger partial charge on any atom is 0.408 e. The minimum atomic E-state index is -0.732. The zero-order chi connectivity index (χ0) is 21.7. The Bertz CT molecular complexity index is 1030. The Morgan fingerprint density at radius 2 is 1.97 bits per heavy atom. The summed E-state index contributed by atoms with van der Waals surface area (Å²) in [6.45, 7) is 5.91. The van der Waals surface area contributed by atoms with Crippen molar-refractivity contribution < 1.29 is 14.3 Å². The molecular formula is C22H27N5O3. The van der Waals surface area contributed by atoms with Gasteiger partial charge < -0.3 is 15.4 Å². The largest absolute Gasteiger partial charge is 0.445 e. The molecule has 0 aliphatic rings. The maximum absolute atomic E-state index is 12.9. The molecule has 0 aliphatic heterocycles. The minimum absolute atomic E-state index is 0.0777. The van der Waals surface area contributed by atoms with Gasteiger partial charge in [-0.3, -0.25) is 9.48 Å². The van der Waals surface area contributed by atoms with Gasteiger partial charge in [0, 0.05) is 12.4 Å². The average molecular weight is 409 g/mol. The van der Waals surface area contributed by atoms with Gasteiger partial charge in [0.05, 0.1) is 17.6 Å². The summed E-state index contributed by atoms with van der Waals surface area (Å²) in [6.07, 6.45) is 1.68. The van der Waals surface area contributed by atoms with E-state index in [1.165, 1.54) is 0 Å². The first-order valence-corrected chi connectivity index (χ1v) is 9.96. The van der Waals surface area contributed by atoms with Gasteiger partial charge in [-0.15, -0.1) is 0 Å². The summed E-state index contributed by atoms with van der Waals surface area (Å²) in [6, 6.07) is 10.5. The highest BCUT2D eigenvalue weighted by molar-refractivity contribution is 5.98. The zero-order valence-corrected chi connectivity index (χ0v) is 17.7. The maximum atomic E-state index is 12.9. The van der Waals surface area contributed by atoms with Gasteiger partial charge in [0.25, 0.3) is 0 Å². The van der Waals surface area contributed by atoms with Crippen molar-refractivity contribution in [3.05, 3.63) is 53.9 Å². The molecular weight excluding hydrogens is 382 g/mol. The van der Waals surface area contributed by atoms with Crippen LogP contribution in [0.2, 0.25) is 0 Å². The summed E-state index contributed by atoms with van der Waals surface area (Å²) in [5.41, 5.74) is 3.00. The van der Waals surface area contributed by atoms with Crippen LogP contribution in [0.1, 0.15) is 31.5 Å². The summed E-state index contributed by atoms with van der Waals surface area (Å²) in [5, 5.41) is 10.8. The Morgan fingerprint density at radius 3 is 2.67 bits per heavy atom. The highest BCUT2D eigenvalue weighted by Crippen LogP contribution is 2.20. The molecule has 0 unspecified atom stereocenters. The number of amides is 2. The van der Waals surface area contributed by atoms with E-state index in [-0.39, 0.29) is 18.4 Å². The monoisotopic (exact) mass is 409 g/mol. The lowest BCUT2D eigenvalue weighted by Gasteiger charge is -2.23. The van der Waals surface area contributed by atoms with Gasteiger partial charge >= 0.3 is 6.09 Å². The highest BCUT2D eigenvalue weighted by Gasteiger charge is 2.27. The number of rotatable bonds is 7. The normalized spacial score (nSPS) is 12.9. The van der Waals surface area contributed by atoms with E-state index in [4.69, 9.17) is 4.74 Å². The van der Waals surface area contributed by atoms with Gasteiger partial charge in [0.1, 0.15) is 12.6 Å². The van der Waals surface area contributed by atoms with Gasteiger partial charge in [-0.05, 0) is 24.5 Å². The van der Waals surface area contributed by atoms with Crippen molar-refractivity contribution in [1.29, 1.82) is 0 Å². The number of hydrogen-bond acceptors (Lipinski definition) is 5. The van der Waals surface area contributed by atoms with Crippen LogP contribution in [0, 0.1) is 12.8 Å². The molecule has 0 radical (unpaired) electrons. The Labute approximate surface area is 175 Å². The molecule has 2 atom stereocenters. The second-order valence-corrected chi connectivity index (χ2v) is 7.36.